The summed E-state index contributed by atoms with van der Waals surface area (Å²) in [7, 11) is 1.46. The molecule has 0 aliphatic carbocycles. The molecule has 0 spiro atoms. The highest BCUT2D eigenvalue weighted by Gasteiger charge is 2.47. The van der Waals surface area contributed by atoms with Crippen LogP contribution >= 0.6 is 15.9 Å². The standard InChI is InChI=1S/C15H17BrO3/c1-18-15(17)14-12(8-11-6-7-13(14)19-11)9-2-4-10(16)5-3-9/h2-5,11-14H,6-8H2,1H3/t11-,12+,13+,14-/m0/s1. The van der Waals surface area contributed by atoms with E-state index in [0.717, 1.165) is 23.7 Å². The van der Waals surface area contributed by atoms with Gasteiger partial charge in [-0.3, -0.25) is 4.79 Å². The third kappa shape index (κ3) is 2.43. The highest BCUT2D eigenvalue weighted by atomic mass is 79.9. The molecule has 2 saturated heterocycles. The third-order valence-corrected chi connectivity index (χ3v) is 4.79. The Labute approximate surface area is 121 Å². The van der Waals surface area contributed by atoms with Crippen molar-refractivity contribution in [3.63, 3.8) is 0 Å². The molecule has 0 radical (unpaired) electrons. The number of hydrogen-bond donors (Lipinski definition) is 0. The number of carbonyl (C=O) groups is 1. The van der Waals surface area contributed by atoms with E-state index >= 15 is 0 Å². The number of methoxy groups -OCH3 is 1. The molecule has 0 N–H and O–H groups in total. The lowest BCUT2D eigenvalue weighted by molar-refractivity contribution is -0.156. The number of benzene rings is 1. The molecule has 3 nitrogen and oxygen atoms in total. The molecule has 3 rings (SSSR count). The topological polar surface area (TPSA) is 35.5 Å². The molecule has 2 aliphatic heterocycles. The first-order chi connectivity index (χ1) is 9.19. The first kappa shape index (κ1) is 13.1. The van der Waals surface area contributed by atoms with Gasteiger partial charge in [-0.25, -0.2) is 0 Å². The molecule has 0 saturated carbocycles. The van der Waals surface area contributed by atoms with Crippen LogP contribution in [0.5, 0.6) is 0 Å². The number of ether oxygens (including phenoxy) is 2. The van der Waals surface area contributed by atoms with Crippen molar-refractivity contribution in [3.05, 3.63) is 34.3 Å². The van der Waals surface area contributed by atoms with Crippen LogP contribution in [0.3, 0.4) is 0 Å². The normalized spacial score (nSPS) is 33.2. The van der Waals surface area contributed by atoms with Crippen LogP contribution in [0.15, 0.2) is 28.7 Å². The predicted molar refractivity (Wildman–Crippen MR) is 74.9 cm³/mol. The van der Waals surface area contributed by atoms with Gasteiger partial charge in [-0.05, 0) is 37.0 Å². The van der Waals surface area contributed by atoms with Gasteiger partial charge in [0.15, 0.2) is 0 Å². The maximum absolute atomic E-state index is 12.1. The molecule has 102 valence electrons. The first-order valence-electron chi connectivity index (χ1n) is 6.68. The van der Waals surface area contributed by atoms with Gasteiger partial charge in [0, 0.05) is 10.4 Å². The van der Waals surface area contributed by atoms with Crippen LogP contribution in [0.4, 0.5) is 0 Å². The van der Waals surface area contributed by atoms with Crippen molar-refractivity contribution in [2.24, 2.45) is 5.92 Å². The lowest BCUT2D eigenvalue weighted by Gasteiger charge is -2.35. The van der Waals surface area contributed by atoms with E-state index in [4.69, 9.17) is 9.47 Å². The van der Waals surface area contributed by atoms with Crippen molar-refractivity contribution < 1.29 is 14.3 Å². The minimum Gasteiger partial charge on any atom is -0.469 e. The minimum absolute atomic E-state index is 0.0276. The third-order valence-electron chi connectivity index (χ3n) is 4.26. The average molecular weight is 325 g/mol. The van der Waals surface area contributed by atoms with Crippen LogP contribution in [-0.2, 0) is 14.3 Å². The molecular formula is C15H17BrO3. The second-order valence-electron chi connectivity index (χ2n) is 5.32. The van der Waals surface area contributed by atoms with Crippen molar-refractivity contribution in [1.29, 1.82) is 0 Å². The first-order valence-corrected chi connectivity index (χ1v) is 7.47. The lowest BCUT2D eigenvalue weighted by Crippen LogP contribution is -2.39. The number of halogens is 1. The monoisotopic (exact) mass is 324 g/mol. The van der Waals surface area contributed by atoms with Crippen molar-refractivity contribution in [3.8, 4) is 0 Å². The van der Waals surface area contributed by atoms with Crippen LogP contribution in [0.1, 0.15) is 30.7 Å². The average Bonchev–Trinajstić information content (AvgIpc) is 2.80. The number of fused-ring (bicyclic) bond motifs is 2. The van der Waals surface area contributed by atoms with Gasteiger partial charge in [-0.1, -0.05) is 28.1 Å². The fourth-order valence-electron chi connectivity index (χ4n) is 3.37. The van der Waals surface area contributed by atoms with Crippen molar-refractivity contribution in [2.75, 3.05) is 7.11 Å². The van der Waals surface area contributed by atoms with Crippen LogP contribution in [0.2, 0.25) is 0 Å². The zero-order chi connectivity index (χ0) is 13.4. The lowest BCUT2D eigenvalue weighted by atomic mass is 9.79. The zero-order valence-electron chi connectivity index (χ0n) is 10.8. The van der Waals surface area contributed by atoms with Crippen LogP contribution in [0, 0.1) is 5.92 Å². The van der Waals surface area contributed by atoms with Crippen LogP contribution in [0.25, 0.3) is 0 Å². The molecule has 19 heavy (non-hydrogen) atoms. The van der Waals surface area contributed by atoms with Crippen molar-refractivity contribution in [2.45, 2.75) is 37.4 Å². The summed E-state index contributed by atoms with van der Waals surface area (Å²) >= 11 is 3.45. The summed E-state index contributed by atoms with van der Waals surface area (Å²) in [6.07, 6.45) is 3.28. The minimum atomic E-state index is -0.162. The van der Waals surface area contributed by atoms with Gasteiger partial charge < -0.3 is 9.47 Å². The van der Waals surface area contributed by atoms with E-state index < -0.39 is 0 Å². The summed E-state index contributed by atoms with van der Waals surface area (Å²) in [4.78, 5) is 12.1. The van der Waals surface area contributed by atoms with Crippen LogP contribution in [-0.4, -0.2) is 25.3 Å². The molecule has 1 aromatic carbocycles. The Hall–Kier alpha value is -0.870. The molecule has 1 aromatic rings. The summed E-state index contributed by atoms with van der Waals surface area (Å²) in [5.74, 6) is -0.0880. The van der Waals surface area contributed by atoms with Gasteiger partial charge in [-0.2, -0.15) is 0 Å². The number of hydrogen-bond acceptors (Lipinski definition) is 3. The van der Waals surface area contributed by atoms with Gasteiger partial charge in [0.05, 0.1) is 25.2 Å². The summed E-state index contributed by atoms with van der Waals surface area (Å²) in [6, 6.07) is 8.24. The summed E-state index contributed by atoms with van der Waals surface area (Å²) in [5.41, 5.74) is 1.21. The summed E-state index contributed by atoms with van der Waals surface area (Å²) < 4.78 is 11.9. The quantitative estimate of drug-likeness (QED) is 0.783. The molecule has 4 atom stereocenters. The predicted octanol–water partition coefficient (Wildman–Crippen LogP) is 3.27. The molecule has 2 heterocycles. The Bertz CT molecular complexity index is 471. The van der Waals surface area contributed by atoms with Crippen LogP contribution < -0.4 is 0 Å². The smallest absolute Gasteiger partial charge is 0.311 e. The van der Waals surface area contributed by atoms with E-state index in [-0.39, 0.29) is 23.9 Å². The van der Waals surface area contributed by atoms with Crippen molar-refractivity contribution >= 4 is 21.9 Å². The van der Waals surface area contributed by atoms with Gasteiger partial charge >= 0.3 is 5.97 Å². The van der Waals surface area contributed by atoms with E-state index in [1.165, 1.54) is 12.7 Å². The Morgan fingerprint density at radius 1 is 1.32 bits per heavy atom. The molecule has 2 bridgehead atoms. The second kappa shape index (κ2) is 5.25. The van der Waals surface area contributed by atoms with E-state index in [0.29, 0.717) is 6.10 Å². The molecular weight excluding hydrogens is 308 g/mol. The molecule has 0 aromatic heterocycles. The van der Waals surface area contributed by atoms with Gasteiger partial charge in [0.2, 0.25) is 0 Å². The molecule has 2 fully saturated rings. The number of esters is 1. The fourth-order valence-corrected chi connectivity index (χ4v) is 3.63. The maximum atomic E-state index is 12.1. The molecule has 0 amide bonds. The summed E-state index contributed by atoms with van der Waals surface area (Å²) in [6.45, 7) is 0. The second-order valence-corrected chi connectivity index (χ2v) is 6.23. The van der Waals surface area contributed by atoms with E-state index in [1.54, 1.807) is 0 Å². The van der Waals surface area contributed by atoms with E-state index in [1.807, 2.05) is 12.1 Å². The number of rotatable bonds is 2. The van der Waals surface area contributed by atoms with Gasteiger partial charge in [0.25, 0.3) is 0 Å². The maximum Gasteiger partial charge on any atom is 0.311 e. The zero-order valence-corrected chi connectivity index (χ0v) is 12.4. The highest BCUT2D eigenvalue weighted by Crippen LogP contribution is 2.45. The van der Waals surface area contributed by atoms with E-state index in [2.05, 4.69) is 28.1 Å². The van der Waals surface area contributed by atoms with Gasteiger partial charge in [0.1, 0.15) is 0 Å². The Morgan fingerprint density at radius 2 is 2.05 bits per heavy atom. The van der Waals surface area contributed by atoms with Crippen molar-refractivity contribution in [1.82, 2.24) is 0 Å². The molecule has 2 aliphatic rings. The highest BCUT2D eigenvalue weighted by molar-refractivity contribution is 9.10. The van der Waals surface area contributed by atoms with Gasteiger partial charge in [-0.15, -0.1) is 0 Å². The SMILES string of the molecule is COC(=O)[C@H]1[C@@H](c2ccc(Br)cc2)C[C@@H]2CC[C@H]1O2. The number of carbonyl (C=O) groups excluding carboxylic acids is 1. The molecule has 0 unspecified atom stereocenters. The Morgan fingerprint density at radius 3 is 2.74 bits per heavy atom. The fraction of sp³-hybridized carbons (Fsp3) is 0.533. The summed E-state index contributed by atoms with van der Waals surface area (Å²) in [5, 5.41) is 0. The Kier molecular flexibility index (Phi) is 3.63. The van der Waals surface area contributed by atoms with E-state index in [9.17, 15) is 4.79 Å². The Balaban J connectivity index is 1.92. The molecule has 4 heteroatoms. The largest absolute Gasteiger partial charge is 0.469 e.